The summed E-state index contributed by atoms with van der Waals surface area (Å²) in [6.07, 6.45) is 4.17. The average molecular weight is 253 g/mol. The Bertz CT molecular complexity index is 331. The standard InChI is InChI=1S/C13H23N3S/c1-11-10-17-13(15-11)12(2)14-6-9-16-7-4-3-5-8-16/h10,12,14H,3-9H2,1-2H3. The minimum Gasteiger partial charge on any atom is -0.307 e. The molecular formula is C13H23N3S. The zero-order valence-corrected chi connectivity index (χ0v) is 11.7. The molecular weight excluding hydrogens is 230 g/mol. The highest BCUT2D eigenvalue weighted by molar-refractivity contribution is 7.09. The first-order chi connectivity index (χ1) is 8.25. The summed E-state index contributed by atoms with van der Waals surface area (Å²) in [5, 5.41) is 6.90. The lowest BCUT2D eigenvalue weighted by atomic mass is 10.1. The number of likely N-dealkylation sites (tertiary alicyclic amines) is 1. The molecule has 0 saturated carbocycles. The number of nitrogens with zero attached hydrogens (tertiary/aromatic N) is 2. The molecule has 0 amide bonds. The van der Waals surface area contributed by atoms with Crippen LogP contribution in [0.25, 0.3) is 0 Å². The highest BCUT2D eigenvalue weighted by atomic mass is 32.1. The lowest BCUT2D eigenvalue weighted by Gasteiger charge is -2.26. The summed E-state index contributed by atoms with van der Waals surface area (Å²) in [4.78, 5) is 7.08. The molecule has 0 radical (unpaired) electrons. The molecule has 0 aliphatic carbocycles. The van der Waals surface area contributed by atoms with E-state index in [1.54, 1.807) is 11.3 Å². The van der Waals surface area contributed by atoms with Crippen LogP contribution in [0.15, 0.2) is 5.38 Å². The third-order valence-corrected chi connectivity index (χ3v) is 4.48. The Labute approximate surface area is 108 Å². The van der Waals surface area contributed by atoms with Gasteiger partial charge in [0.1, 0.15) is 5.01 Å². The summed E-state index contributed by atoms with van der Waals surface area (Å²) in [6, 6.07) is 0.387. The topological polar surface area (TPSA) is 28.2 Å². The monoisotopic (exact) mass is 253 g/mol. The molecule has 1 fully saturated rings. The molecule has 1 aromatic rings. The predicted octanol–water partition coefficient (Wildman–Crippen LogP) is 2.59. The number of nitrogens with one attached hydrogen (secondary N) is 1. The minimum absolute atomic E-state index is 0.387. The summed E-state index contributed by atoms with van der Waals surface area (Å²) in [5.41, 5.74) is 1.13. The molecule has 1 unspecified atom stereocenters. The van der Waals surface area contributed by atoms with Gasteiger partial charge in [-0.2, -0.15) is 0 Å². The van der Waals surface area contributed by atoms with Crippen LogP contribution in [0.2, 0.25) is 0 Å². The van der Waals surface area contributed by atoms with Crippen LogP contribution in [0.3, 0.4) is 0 Å². The first kappa shape index (κ1) is 13.0. The van der Waals surface area contributed by atoms with Gasteiger partial charge in [0, 0.05) is 24.2 Å². The Kier molecular flexibility index (Phi) is 4.95. The zero-order chi connectivity index (χ0) is 12.1. The van der Waals surface area contributed by atoms with E-state index in [0.29, 0.717) is 6.04 Å². The maximum absolute atomic E-state index is 4.52. The second-order valence-corrected chi connectivity index (χ2v) is 5.79. The van der Waals surface area contributed by atoms with Crippen LogP contribution in [0.5, 0.6) is 0 Å². The second kappa shape index (κ2) is 6.47. The van der Waals surface area contributed by atoms with E-state index in [4.69, 9.17) is 0 Å². The van der Waals surface area contributed by atoms with Gasteiger partial charge < -0.3 is 10.2 Å². The van der Waals surface area contributed by atoms with Crippen LogP contribution < -0.4 is 5.32 Å². The fourth-order valence-electron chi connectivity index (χ4n) is 2.28. The number of piperidine rings is 1. The van der Waals surface area contributed by atoms with E-state index >= 15 is 0 Å². The van der Waals surface area contributed by atoms with Crippen molar-refractivity contribution in [2.24, 2.45) is 0 Å². The normalized spacial score (nSPS) is 19.4. The summed E-state index contributed by atoms with van der Waals surface area (Å²) < 4.78 is 0. The van der Waals surface area contributed by atoms with Gasteiger partial charge in [0.05, 0.1) is 6.04 Å². The van der Waals surface area contributed by atoms with E-state index in [9.17, 15) is 0 Å². The second-order valence-electron chi connectivity index (χ2n) is 4.91. The number of aryl methyl sites for hydroxylation is 1. The van der Waals surface area contributed by atoms with Gasteiger partial charge in [-0.05, 0) is 39.8 Å². The molecule has 96 valence electrons. The van der Waals surface area contributed by atoms with E-state index in [0.717, 1.165) is 12.2 Å². The molecule has 1 saturated heterocycles. The van der Waals surface area contributed by atoms with Gasteiger partial charge in [-0.3, -0.25) is 0 Å². The third-order valence-electron chi connectivity index (χ3n) is 3.33. The van der Waals surface area contributed by atoms with E-state index in [-0.39, 0.29) is 0 Å². The molecule has 2 heterocycles. The van der Waals surface area contributed by atoms with Crippen LogP contribution >= 0.6 is 11.3 Å². The van der Waals surface area contributed by atoms with E-state index in [2.05, 4.69) is 34.4 Å². The van der Waals surface area contributed by atoms with Crippen molar-refractivity contribution in [3.8, 4) is 0 Å². The summed E-state index contributed by atoms with van der Waals surface area (Å²) in [5.74, 6) is 0. The average Bonchev–Trinajstić information content (AvgIpc) is 2.77. The first-order valence-corrected chi connectivity index (χ1v) is 7.51. The van der Waals surface area contributed by atoms with Gasteiger partial charge in [0.2, 0.25) is 0 Å². The lowest BCUT2D eigenvalue weighted by Crippen LogP contribution is -2.36. The first-order valence-electron chi connectivity index (χ1n) is 6.63. The molecule has 0 aromatic carbocycles. The number of hydrogen-bond donors (Lipinski definition) is 1. The van der Waals surface area contributed by atoms with Crippen LogP contribution in [-0.2, 0) is 0 Å². The van der Waals surface area contributed by atoms with Crippen molar-refractivity contribution in [3.63, 3.8) is 0 Å². The quantitative estimate of drug-likeness (QED) is 0.874. The molecule has 1 atom stereocenters. The van der Waals surface area contributed by atoms with Gasteiger partial charge in [0.15, 0.2) is 0 Å². The summed E-state index contributed by atoms with van der Waals surface area (Å²) in [6.45, 7) is 9.07. The van der Waals surface area contributed by atoms with E-state index in [1.165, 1.54) is 43.9 Å². The van der Waals surface area contributed by atoms with E-state index < -0.39 is 0 Å². The van der Waals surface area contributed by atoms with Crippen molar-refractivity contribution in [3.05, 3.63) is 16.1 Å². The van der Waals surface area contributed by atoms with Crippen LogP contribution in [0, 0.1) is 6.92 Å². The molecule has 4 heteroatoms. The Hall–Kier alpha value is -0.450. The maximum Gasteiger partial charge on any atom is 0.110 e. The van der Waals surface area contributed by atoms with Crippen molar-refractivity contribution in [1.82, 2.24) is 15.2 Å². The van der Waals surface area contributed by atoms with E-state index in [1.807, 2.05) is 0 Å². The summed E-state index contributed by atoms with van der Waals surface area (Å²) in [7, 11) is 0. The van der Waals surface area contributed by atoms with Gasteiger partial charge in [-0.1, -0.05) is 6.42 Å². The largest absolute Gasteiger partial charge is 0.307 e. The molecule has 2 rings (SSSR count). The molecule has 1 aliphatic rings. The van der Waals surface area contributed by atoms with Gasteiger partial charge >= 0.3 is 0 Å². The highest BCUT2D eigenvalue weighted by Crippen LogP contribution is 2.17. The number of thiazole rings is 1. The molecule has 1 N–H and O–H groups in total. The smallest absolute Gasteiger partial charge is 0.110 e. The third kappa shape index (κ3) is 4.05. The highest BCUT2D eigenvalue weighted by Gasteiger charge is 2.11. The van der Waals surface area contributed by atoms with Gasteiger partial charge in [0.25, 0.3) is 0 Å². The Morgan fingerprint density at radius 3 is 2.82 bits per heavy atom. The Morgan fingerprint density at radius 2 is 2.18 bits per heavy atom. The zero-order valence-electron chi connectivity index (χ0n) is 10.9. The Balaban J connectivity index is 1.67. The lowest BCUT2D eigenvalue weighted by molar-refractivity contribution is 0.227. The Morgan fingerprint density at radius 1 is 1.41 bits per heavy atom. The fourth-order valence-corrected chi connectivity index (χ4v) is 3.11. The molecule has 0 spiro atoms. The van der Waals surface area contributed by atoms with Crippen LogP contribution in [0.1, 0.15) is 42.9 Å². The van der Waals surface area contributed by atoms with Gasteiger partial charge in [-0.25, -0.2) is 4.98 Å². The number of aromatic nitrogens is 1. The number of rotatable bonds is 5. The van der Waals surface area contributed by atoms with Crippen molar-refractivity contribution in [2.75, 3.05) is 26.2 Å². The van der Waals surface area contributed by atoms with Crippen LogP contribution in [-0.4, -0.2) is 36.1 Å². The summed E-state index contributed by atoms with van der Waals surface area (Å²) >= 11 is 1.76. The molecule has 0 bridgehead atoms. The van der Waals surface area contributed by atoms with Crippen molar-refractivity contribution < 1.29 is 0 Å². The number of hydrogen-bond acceptors (Lipinski definition) is 4. The minimum atomic E-state index is 0.387. The van der Waals surface area contributed by atoms with Crippen LogP contribution in [0.4, 0.5) is 0 Å². The molecule has 3 nitrogen and oxygen atoms in total. The maximum atomic E-state index is 4.52. The fraction of sp³-hybridized carbons (Fsp3) is 0.769. The van der Waals surface area contributed by atoms with Crippen molar-refractivity contribution >= 4 is 11.3 Å². The SMILES string of the molecule is Cc1csc(C(C)NCCN2CCCCC2)n1. The van der Waals surface area contributed by atoms with Crippen molar-refractivity contribution in [1.29, 1.82) is 0 Å². The molecule has 1 aliphatic heterocycles. The molecule has 1 aromatic heterocycles. The predicted molar refractivity (Wildman–Crippen MR) is 73.6 cm³/mol. The van der Waals surface area contributed by atoms with Gasteiger partial charge in [-0.15, -0.1) is 11.3 Å². The van der Waals surface area contributed by atoms with Crippen molar-refractivity contribution in [2.45, 2.75) is 39.2 Å². The molecule has 17 heavy (non-hydrogen) atoms.